The number of fused-ring (bicyclic) bond motifs is 5. The number of halogens is 1. The van der Waals surface area contributed by atoms with Gasteiger partial charge >= 0.3 is 5.69 Å². The van der Waals surface area contributed by atoms with Crippen LogP contribution in [0.4, 0.5) is 4.53 Å². The van der Waals surface area contributed by atoms with Crippen molar-refractivity contribution >= 4 is 33.1 Å². The zero-order valence-electron chi connectivity index (χ0n) is 25.9. The number of ether oxygens (including phenoxy) is 2. The van der Waals surface area contributed by atoms with Crippen LogP contribution in [-0.4, -0.2) is 56.9 Å². The number of rotatable bonds is 4. The minimum atomic E-state index is -1.87. The Morgan fingerprint density at radius 2 is 1.85 bits per heavy atom. The van der Waals surface area contributed by atoms with E-state index in [0.717, 1.165) is 0 Å². The van der Waals surface area contributed by atoms with Crippen molar-refractivity contribution in [2.45, 2.75) is 49.0 Å². The molecular weight excluding hydrogens is 625 g/mol. The van der Waals surface area contributed by atoms with E-state index in [2.05, 4.69) is 10.0 Å². The number of benzene rings is 2. The number of imidazole rings is 1. The van der Waals surface area contributed by atoms with Crippen molar-refractivity contribution in [2.24, 2.45) is 19.8 Å². The Balaban J connectivity index is 1.57. The maximum atomic E-state index is 14.7. The molecule has 2 aliphatic heterocycles. The van der Waals surface area contributed by atoms with Crippen LogP contribution in [0, 0.1) is 0 Å². The van der Waals surface area contributed by atoms with Gasteiger partial charge in [0, 0.05) is 42.5 Å². The summed E-state index contributed by atoms with van der Waals surface area (Å²) in [7, 11) is 1.48. The first-order valence-electron chi connectivity index (χ1n) is 15.3. The predicted molar refractivity (Wildman–Crippen MR) is 174 cm³/mol. The molecule has 4 aromatic heterocycles. The summed E-state index contributed by atoms with van der Waals surface area (Å²) < 4.78 is 47.6. The molecule has 4 unspecified atom stereocenters. The molecule has 0 amide bonds. The SMILES string of the molecule is CC1COc2ccc(cc2)-c2c(-c3cn(C)nc3OF)n(S(=O)c3ccccc3)c3ncc4c(c23)n(c(=O)n4C)C2CC(O1)[C@@H](N)C2. The lowest BCUT2D eigenvalue weighted by Crippen LogP contribution is -2.35. The zero-order valence-corrected chi connectivity index (χ0v) is 26.7. The Kier molecular flexibility index (Phi) is 7.04. The monoisotopic (exact) mass is 657 g/mol. The Bertz CT molecular complexity index is 2240. The molecule has 0 saturated heterocycles. The zero-order chi connectivity index (χ0) is 32.6. The lowest BCUT2D eigenvalue weighted by Gasteiger charge is -2.22. The van der Waals surface area contributed by atoms with E-state index in [-0.39, 0.29) is 41.4 Å². The van der Waals surface area contributed by atoms with Crippen LogP contribution in [0.5, 0.6) is 11.6 Å². The molecule has 6 heterocycles. The summed E-state index contributed by atoms with van der Waals surface area (Å²) >= 11 is 0. The summed E-state index contributed by atoms with van der Waals surface area (Å²) in [4.78, 5) is 23.8. The topological polar surface area (TPSA) is 133 Å². The van der Waals surface area contributed by atoms with Gasteiger partial charge in [0.1, 0.15) is 12.4 Å². The van der Waals surface area contributed by atoms with Gasteiger partial charge in [-0.2, -0.15) is 0 Å². The summed E-state index contributed by atoms with van der Waals surface area (Å²) in [5, 5.41) is 4.77. The van der Waals surface area contributed by atoms with Crippen LogP contribution in [0.3, 0.4) is 0 Å². The van der Waals surface area contributed by atoms with Gasteiger partial charge in [0.15, 0.2) is 16.6 Å². The third kappa shape index (κ3) is 4.61. The smallest absolute Gasteiger partial charge is 0.329 e. The van der Waals surface area contributed by atoms with Gasteiger partial charge in [-0.1, -0.05) is 30.3 Å². The van der Waals surface area contributed by atoms with Crippen molar-refractivity contribution < 1.29 is 23.2 Å². The number of pyridine rings is 1. The fourth-order valence-corrected chi connectivity index (χ4v) is 8.29. The summed E-state index contributed by atoms with van der Waals surface area (Å²) in [5.74, 6) is 0.325. The molecular formula is C33H32FN7O5S. The second-order valence-electron chi connectivity index (χ2n) is 12.2. The van der Waals surface area contributed by atoms with Gasteiger partial charge in [-0.3, -0.25) is 18.8 Å². The molecule has 12 nitrogen and oxygen atoms in total. The average molecular weight is 658 g/mol. The third-order valence-corrected chi connectivity index (χ3v) is 10.5. The molecule has 0 radical (unpaired) electrons. The molecule has 2 N–H and O–H groups in total. The van der Waals surface area contributed by atoms with Crippen LogP contribution in [-0.2, 0) is 29.8 Å². The Labute approximate surface area is 270 Å². The second-order valence-corrected chi connectivity index (χ2v) is 13.5. The van der Waals surface area contributed by atoms with Crippen LogP contribution < -0.4 is 21.1 Å². The molecule has 14 heteroatoms. The number of aryl methyl sites for hydroxylation is 2. The predicted octanol–water partition coefficient (Wildman–Crippen LogP) is 4.42. The van der Waals surface area contributed by atoms with E-state index in [1.54, 1.807) is 63.9 Å². The van der Waals surface area contributed by atoms with Crippen LogP contribution in [0.2, 0.25) is 0 Å². The van der Waals surface area contributed by atoms with Crippen molar-refractivity contribution in [2.75, 3.05) is 6.61 Å². The van der Waals surface area contributed by atoms with Crippen molar-refractivity contribution in [3.8, 4) is 34.0 Å². The molecule has 4 bridgehead atoms. The van der Waals surface area contributed by atoms with E-state index in [0.29, 0.717) is 69.0 Å². The van der Waals surface area contributed by atoms with Crippen LogP contribution >= 0.6 is 0 Å². The minimum Gasteiger partial charge on any atom is -0.491 e. The van der Waals surface area contributed by atoms with E-state index < -0.39 is 11.0 Å². The van der Waals surface area contributed by atoms with Crippen molar-refractivity contribution in [1.29, 1.82) is 0 Å². The highest BCUT2D eigenvalue weighted by molar-refractivity contribution is 7.83. The Morgan fingerprint density at radius 3 is 2.60 bits per heavy atom. The first-order valence-corrected chi connectivity index (χ1v) is 16.4. The fourth-order valence-electron chi connectivity index (χ4n) is 7.04. The quantitative estimate of drug-likeness (QED) is 0.295. The normalized spacial score (nSPS) is 21.6. The standard InChI is InChI=1S/C33H32FN7O5S/c1-18-17-44-21-11-9-19(10-12-21)27-28-30-25(39(3)33(42)40(30)20-13-24(35)26(14-20)45-18)15-36-31(28)41(47(43)22-7-5-4-6-8-22)29(27)23-16-38(2)37-32(23)46-34/h4-12,15-16,18,20,24,26H,13-14,17,35H2,1-3H3/t18?,20?,24-,26?,47?/m0/s1. The largest absolute Gasteiger partial charge is 0.491 e. The average Bonchev–Trinajstić information content (AvgIpc) is 3.80. The van der Waals surface area contributed by atoms with E-state index in [1.165, 1.54) is 4.68 Å². The Morgan fingerprint density at radius 1 is 1.09 bits per heavy atom. The summed E-state index contributed by atoms with van der Waals surface area (Å²) in [5.41, 5.74) is 9.83. The molecule has 3 aliphatic rings. The number of aromatic nitrogens is 6. The Hall–Kier alpha value is -4.79. The highest BCUT2D eigenvalue weighted by atomic mass is 32.2. The number of nitrogens with zero attached hydrogens (tertiary/aromatic N) is 6. The second kappa shape index (κ2) is 11.2. The summed E-state index contributed by atoms with van der Waals surface area (Å²) in [6.07, 6.45) is 3.72. The van der Waals surface area contributed by atoms with E-state index in [1.807, 2.05) is 37.3 Å². The molecule has 2 aromatic carbocycles. The van der Waals surface area contributed by atoms with Gasteiger partial charge in [-0.05, 0) is 49.6 Å². The third-order valence-electron chi connectivity index (χ3n) is 9.15. The van der Waals surface area contributed by atoms with E-state index >= 15 is 0 Å². The van der Waals surface area contributed by atoms with Crippen LogP contribution in [0.25, 0.3) is 44.5 Å². The van der Waals surface area contributed by atoms with Crippen molar-refractivity contribution in [1.82, 2.24) is 27.9 Å². The molecule has 0 spiro atoms. The molecule has 1 aliphatic carbocycles. The summed E-state index contributed by atoms with van der Waals surface area (Å²) in [6.45, 7) is 2.25. The van der Waals surface area contributed by atoms with Gasteiger partial charge in [-0.15, -0.1) is 5.10 Å². The van der Waals surface area contributed by atoms with Gasteiger partial charge in [-0.25, -0.2) is 18.0 Å². The highest BCUT2D eigenvalue weighted by Gasteiger charge is 2.38. The molecule has 9 rings (SSSR count). The van der Waals surface area contributed by atoms with Gasteiger partial charge in [0.25, 0.3) is 5.88 Å². The lowest BCUT2D eigenvalue weighted by atomic mass is 9.99. The molecule has 1 saturated carbocycles. The summed E-state index contributed by atoms with van der Waals surface area (Å²) in [6, 6.07) is 15.8. The van der Waals surface area contributed by atoms with Gasteiger partial charge in [0.2, 0.25) is 0 Å². The van der Waals surface area contributed by atoms with Crippen molar-refractivity contribution in [3.05, 3.63) is 77.5 Å². The van der Waals surface area contributed by atoms with Gasteiger partial charge in [0.05, 0.1) is 51.0 Å². The van der Waals surface area contributed by atoms with E-state index in [4.69, 9.17) is 20.2 Å². The van der Waals surface area contributed by atoms with E-state index in [9.17, 15) is 13.5 Å². The number of hydrogen-bond acceptors (Lipinski definition) is 8. The number of nitrogens with two attached hydrogens (primary N) is 1. The minimum absolute atomic E-state index is 0.234. The fraction of sp³-hybridized carbons (Fsp3) is 0.303. The first kappa shape index (κ1) is 29.6. The van der Waals surface area contributed by atoms with Crippen LogP contribution in [0.1, 0.15) is 25.8 Å². The highest BCUT2D eigenvalue weighted by Crippen LogP contribution is 2.47. The molecule has 242 valence electrons. The van der Waals surface area contributed by atoms with Gasteiger partial charge < -0.3 is 15.2 Å². The lowest BCUT2D eigenvalue weighted by molar-refractivity contribution is -0.0279. The molecule has 47 heavy (non-hydrogen) atoms. The maximum absolute atomic E-state index is 14.7. The van der Waals surface area contributed by atoms with Crippen molar-refractivity contribution in [3.63, 3.8) is 0 Å². The molecule has 1 fully saturated rings. The van der Waals surface area contributed by atoms with Crippen LogP contribution in [0.15, 0.2) is 76.7 Å². The molecule has 6 aromatic rings. The molecule has 5 atom stereocenters. The number of hydrogen-bond donors (Lipinski definition) is 1. The first-order chi connectivity index (χ1) is 22.7. The maximum Gasteiger partial charge on any atom is 0.329 e.